The molecular weight excluding hydrogens is 142 g/mol. The van der Waals surface area contributed by atoms with E-state index in [0.717, 1.165) is 6.42 Å². The number of rotatable bonds is 5. The zero-order valence-corrected chi connectivity index (χ0v) is 7.52. The monoisotopic (exact) mass is 159 g/mol. The summed E-state index contributed by atoms with van der Waals surface area (Å²) in [6.07, 6.45) is 1.31. The fraction of sp³-hybridized carbons (Fsp3) is 0.875. The predicted molar refractivity (Wildman–Crippen MR) is 44.4 cm³/mol. The van der Waals surface area contributed by atoms with Crippen molar-refractivity contribution in [3.05, 3.63) is 0 Å². The molecule has 0 aliphatic carbocycles. The van der Waals surface area contributed by atoms with Gasteiger partial charge in [-0.15, -0.1) is 0 Å². The molecule has 1 atom stereocenters. The standard InChI is InChI=1S/C8H17NO2/c1-4-7(2)11-6-5-9-8(3)10/h7H,4-6H2,1-3H3,(H,9,10)/t7-/m1/s1. The molecule has 0 radical (unpaired) electrons. The first kappa shape index (κ1) is 10.4. The summed E-state index contributed by atoms with van der Waals surface area (Å²) in [4.78, 5) is 10.4. The van der Waals surface area contributed by atoms with Crippen molar-refractivity contribution in [2.24, 2.45) is 0 Å². The first-order chi connectivity index (χ1) is 5.16. The average Bonchev–Trinajstić information content (AvgIpc) is 1.97. The minimum Gasteiger partial charge on any atom is -0.377 e. The molecule has 0 aromatic carbocycles. The van der Waals surface area contributed by atoms with E-state index in [2.05, 4.69) is 12.2 Å². The van der Waals surface area contributed by atoms with Crippen molar-refractivity contribution in [1.29, 1.82) is 0 Å². The average molecular weight is 159 g/mol. The van der Waals surface area contributed by atoms with Crippen LogP contribution in [0.1, 0.15) is 27.2 Å². The summed E-state index contributed by atoms with van der Waals surface area (Å²) >= 11 is 0. The molecule has 0 aromatic heterocycles. The van der Waals surface area contributed by atoms with Gasteiger partial charge in [-0.25, -0.2) is 0 Å². The number of carbonyl (C=O) groups is 1. The highest BCUT2D eigenvalue weighted by molar-refractivity contribution is 5.72. The van der Waals surface area contributed by atoms with E-state index in [1.54, 1.807) is 0 Å². The lowest BCUT2D eigenvalue weighted by Crippen LogP contribution is -2.25. The van der Waals surface area contributed by atoms with E-state index in [1.165, 1.54) is 6.92 Å². The zero-order chi connectivity index (χ0) is 8.69. The van der Waals surface area contributed by atoms with Crippen molar-refractivity contribution in [1.82, 2.24) is 5.32 Å². The van der Waals surface area contributed by atoms with Gasteiger partial charge in [0.2, 0.25) is 5.91 Å². The molecule has 0 aliphatic rings. The Morgan fingerprint density at radius 3 is 2.73 bits per heavy atom. The van der Waals surface area contributed by atoms with Crippen LogP contribution in [-0.4, -0.2) is 25.2 Å². The summed E-state index contributed by atoms with van der Waals surface area (Å²) in [7, 11) is 0. The number of nitrogens with one attached hydrogen (secondary N) is 1. The van der Waals surface area contributed by atoms with Gasteiger partial charge in [-0.3, -0.25) is 4.79 Å². The van der Waals surface area contributed by atoms with Gasteiger partial charge in [0.15, 0.2) is 0 Å². The number of carbonyl (C=O) groups excluding carboxylic acids is 1. The highest BCUT2D eigenvalue weighted by Crippen LogP contribution is 1.93. The molecule has 0 fully saturated rings. The molecule has 0 bridgehead atoms. The van der Waals surface area contributed by atoms with Crippen molar-refractivity contribution < 1.29 is 9.53 Å². The van der Waals surface area contributed by atoms with Gasteiger partial charge in [-0.1, -0.05) is 6.92 Å². The lowest BCUT2D eigenvalue weighted by molar-refractivity contribution is -0.119. The molecule has 3 heteroatoms. The highest BCUT2D eigenvalue weighted by Gasteiger charge is 1.96. The van der Waals surface area contributed by atoms with Gasteiger partial charge < -0.3 is 10.1 Å². The van der Waals surface area contributed by atoms with E-state index < -0.39 is 0 Å². The Bertz CT molecular complexity index is 115. The minimum atomic E-state index is -0.00208. The molecule has 0 aromatic rings. The Morgan fingerprint density at radius 2 is 2.27 bits per heavy atom. The second-order valence-corrected chi connectivity index (χ2v) is 2.57. The fourth-order valence-corrected chi connectivity index (χ4v) is 0.605. The molecule has 66 valence electrons. The van der Waals surface area contributed by atoms with Crippen molar-refractivity contribution >= 4 is 5.91 Å². The third-order valence-corrected chi connectivity index (χ3v) is 1.45. The van der Waals surface area contributed by atoms with Crippen LogP contribution >= 0.6 is 0 Å². The number of hydrogen-bond donors (Lipinski definition) is 1. The molecule has 0 spiro atoms. The van der Waals surface area contributed by atoms with E-state index in [-0.39, 0.29) is 5.91 Å². The minimum absolute atomic E-state index is 0.00208. The summed E-state index contributed by atoms with van der Waals surface area (Å²) in [6.45, 7) is 6.81. The van der Waals surface area contributed by atoms with Crippen LogP contribution in [0.5, 0.6) is 0 Å². The third-order valence-electron chi connectivity index (χ3n) is 1.45. The molecule has 0 saturated heterocycles. The molecule has 0 unspecified atom stereocenters. The van der Waals surface area contributed by atoms with Crippen LogP contribution in [0.25, 0.3) is 0 Å². The summed E-state index contributed by atoms with van der Waals surface area (Å²) in [5.41, 5.74) is 0. The Balaban J connectivity index is 3.08. The smallest absolute Gasteiger partial charge is 0.216 e. The van der Waals surface area contributed by atoms with Gasteiger partial charge in [0.05, 0.1) is 12.7 Å². The maximum absolute atomic E-state index is 10.4. The van der Waals surface area contributed by atoms with E-state index in [1.807, 2.05) is 6.92 Å². The van der Waals surface area contributed by atoms with Crippen molar-refractivity contribution in [3.63, 3.8) is 0 Å². The second kappa shape index (κ2) is 6.16. The first-order valence-corrected chi connectivity index (χ1v) is 4.02. The van der Waals surface area contributed by atoms with Crippen LogP contribution in [-0.2, 0) is 9.53 Å². The van der Waals surface area contributed by atoms with Crippen LogP contribution in [0, 0.1) is 0 Å². The fourth-order valence-electron chi connectivity index (χ4n) is 0.605. The lowest BCUT2D eigenvalue weighted by atomic mass is 10.3. The first-order valence-electron chi connectivity index (χ1n) is 4.02. The summed E-state index contributed by atoms with van der Waals surface area (Å²) in [5, 5.41) is 2.66. The van der Waals surface area contributed by atoms with E-state index in [9.17, 15) is 4.79 Å². The second-order valence-electron chi connectivity index (χ2n) is 2.57. The van der Waals surface area contributed by atoms with Crippen LogP contribution in [0.2, 0.25) is 0 Å². The Hall–Kier alpha value is -0.570. The normalized spacial score (nSPS) is 12.6. The summed E-state index contributed by atoms with van der Waals surface area (Å²) < 4.78 is 5.33. The SMILES string of the molecule is CC[C@@H](C)OCCNC(C)=O. The molecular formula is C8H17NO2. The lowest BCUT2D eigenvalue weighted by Gasteiger charge is -2.09. The molecule has 0 rings (SSSR count). The van der Waals surface area contributed by atoms with Gasteiger partial charge in [0.25, 0.3) is 0 Å². The maximum Gasteiger partial charge on any atom is 0.216 e. The van der Waals surface area contributed by atoms with Crippen LogP contribution in [0.15, 0.2) is 0 Å². The quantitative estimate of drug-likeness (QED) is 0.606. The molecule has 0 aliphatic heterocycles. The number of ether oxygens (including phenoxy) is 1. The van der Waals surface area contributed by atoms with Crippen molar-refractivity contribution in [2.45, 2.75) is 33.3 Å². The molecule has 0 heterocycles. The van der Waals surface area contributed by atoms with Gasteiger partial charge >= 0.3 is 0 Å². The Morgan fingerprint density at radius 1 is 1.64 bits per heavy atom. The van der Waals surface area contributed by atoms with Gasteiger partial charge in [0, 0.05) is 13.5 Å². The number of hydrogen-bond acceptors (Lipinski definition) is 2. The molecule has 11 heavy (non-hydrogen) atoms. The molecule has 0 saturated carbocycles. The van der Waals surface area contributed by atoms with Gasteiger partial charge in [0.1, 0.15) is 0 Å². The molecule has 1 amide bonds. The Labute approximate surface area is 68.1 Å². The number of amides is 1. The molecule has 1 N–H and O–H groups in total. The Kier molecular flexibility index (Phi) is 5.84. The topological polar surface area (TPSA) is 38.3 Å². The predicted octanol–water partition coefficient (Wildman–Crippen LogP) is 0.938. The van der Waals surface area contributed by atoms with Gasteiger partial charge in [-0.05, 0) is 13.3 Å². The maximum atomic E-state index is 10.4. The van der Waals surface area contributed by atoms with Crippen molar-refractivity contribution in [3.8, 4) is 0 Å². The van der Waals surface area contributed by atoms with E-state index in [0.29, 0.717) is 19.3 Å². The largest absolute Gasteiger partial charge is 0.377 e. The van der Waals surface area contributed by atoms with E-state index >= 15 is 0 Å². The van der Waals surface area contributed by atoms with Crippen molar-refractivity contribution in [2.75, 3.05) is 13.2 Å². The van der Waals surface area contributed by atoms with Crippen LogP contribution in [0.3, 0.4) is 0 Å². The van der Waals surface area contributed by atoms with E-state index in [4.69, 9.17) is 4.74 Å². The van der Waals surface area contributed by atoms with Crippen LogP contribution in [0.4, 0.5) is 0 Å². The summed E-state index contributed by atoms with van der Waals surface area (Å²) in [5.74, 6) is -0.00208. The van der Waals surface area contributed by atoms with Gasteiger partial charge in [-0.2, -0.15) is 0 Å². The molecule has 3 nitrogen and oxygen atoms in total. The highest BCUT2D eigenvalue weighted by atomic mass is 16.5. The third kappa shape index (κ3) is 7.33. The summed E-state index contributed by atoms with van der Waals surface area (Å²) in [6, 6.07) is 0. The zero-order valence-electron chi connectivity index (χ0n) is 7.52. The van der Waals surface area contributed by atoms with Crippen LogP contribution < -0.4 is 5.32 Å².